The molecule has 0 spiro atoms. The van der Waals surface area contributed by atoms with Crippen molar-refractivity contribution in [3.05, 3.63) is 0 Å². The van der Waals surface area contributed by atoms with Crippen LogP contribution in [0.15, 0.2) is 0 Å². The number of amides is 2. The first-order valence-corrected chi connectivity index (χ1v) is 5.44. The first-order valence-electron chi connectivity index (χ1n) is 5.44. The summed E-state index contributed by atoms with van der Waals surface area (Å²) in [4.78, 5) is 16.2. The number of aliphatic hydroxyl groups excluding tert-OH is 2. The van der Waals surface area contributed by atoms with Crippen molar-refractivity contribution in [2.75, 3.05) is 19.7 Å². The molecule has 2 saturated heterocycles. The van der Waals surface area contributed by atoms with Gasteiger partial charge >= 0.3 is 6.03 Å². The second-order valence-electron chi connectivity index (χ2n) is 4.10. The normalized spacial score (nSPS) is 38.3. The summed E-state index contributed by atoms with van der Waals surface area (Å²) in [5, 5.41) is 21.9. The number of ether oxygens (including phenoxy) is 1. The van der Waals surface area contributed by atoms with E-state index in [2.05, 4.69) is 10.3 Å². The topological polar surface area (TPSA) is 91.3 Å². The highest BCUT2D eigenvalue weighted by Crippen LogP contribution is 2.25. The van der Waals surface area contributed by atoms with E-state index in [0.717, 1.165) is 6.42 Å². The standard InChI is InChI=1S/C9H15FN2O5/c10-16-4-5-6(13)7(14)8(17-5)12-3-1-2-11-9(12)15/h5-8,13-14H,1-4H2,(H,11,15)/t5-,6+,7+,8-/m1/s1. The Bertz CT molecular complexity index is 293. The molecule has 0 bridgehead atoms. The first-order chi connectivity index (χ1) is 8.15. The molecule has 0 aromatic heterocycles. The number of hydrogen-bond donors (Lipinski definition) is 3. The van der Waals surface area contributed by atoms with Crippen molar-refractivity contribution in [2.24, 2.45) is 0 Å². The van der Waals surface area contributed by atoms with Crippen LogP contribution >= 0.6 is 0 Å². The molecule has 0 saturated carbocycles. The predicted octanol–water partition coefficient (Wildman–Crippen LogP) is -1.25. The van der Waals surface area contributed by atoms with Crippen molar-refractivity contribution < 1.29 is 29.2 Å². The van der Waals surface area contributed by atoms with Gasteiger partial charge in [0.1, 0.15) is 24.9 Å². The lowest BCUT2D eigenvalue weighted by Gasteiger charge is -2.33. The summed E-state index contributed by atoms with van der Waals surface area (Å²) < 4.78 is 17.0. The Morgan fingerprint density at radius 3 is 2.94 bits per heavy atom. The number of carbonyl (C=O) groups excluding carboxylic acids is 1. The molecule has 3 N–H and O–H groups in total. The smallest absolute Gasteiger partial charge is 0.319 e. The summed E-state index contributed by atoms with van der Waals surface area (Å²) in [5.41, 5.74) is 0. The molecule has 2 fully saturated rings. The van der Waals surface area contributed by atoms with E-state index in [-0.39, 0.29) is 6.03 Å². The Kier molecular flexibility index (Phi) is 3.77. The molecule has 0 aliphatic carbocycles. The monoisotopic (exact) mass is 250 g/mol. The zero-order chi connectivity index (χ0) is 12.4. The molecule has 0 radical (unpaired) electrons. The van der Waals surface area contributed by atoms with Gasteiger partial charge in [-0.25, -0.2) is 4.79 Å². The van der Waals surface area contributed by atoms with Gasteiger partial charge in [0.2, 0.25) is 0 Å². The Balaban J connectivity index is 2.03. The number of urea groups is 1. The van der Waals surface area contributed by atoms with Crippen LogP contribution in [0.2, 0.25) is 0 Å². The quantitative estimate of drug-likeness (QED) is 0.582. The van der Waals surface area contributed by atoms with Crippen LogP contribution in [-0.2, 0) is 9.68 Å². The van der Waals surface area contributed by atoms with Crippen molar-refractivity contribution in [3.63, 3.8) is 0 Å². The highest BCUT2D eigenvalue weighted by molar-refractivity contribution is 5.75. The molecule has 0 unspecified atom stereocenters. The molecule has 2 rings (SSSR count). The lowest BCUT2D eigenvalue weighted by Crippen LogP contribution is -2.54. The third-order valence-corrected chi connectivity index (χ3v) is 2.98. The van der Waals surface area contributed by atoms with Gasteiger partial charge < -0.3 is 20.3 Å². The van der Waals surface area contributed by atoms with E-state index in [1.54, 1.807) is 0 Å². The van der Waals surface area contributed by atoms with Crippen molar-refractivity contribution in [1.82, 2.24) is 10.2 Å². The van der Waals surface area contributed by atoms with E-state index < -0.39 is 31.1 Å². The minimum absolute atomic E-state index is 0.366. The fourth-order valence-corrected chi connectivity index (χ4v) is 2.08. The summed E-state index contributed by atoms with van der Waals surface area (Å²) in [7, 11) is 0. The van der Waals surface area contributed by atoms with Gasteiger partial charge in [0.25, 0.3) is 0 Å². The Morgan fingerprint density at radius 2 is 2.29 bits per heavy atom. The maximum absolute atomic E-state index is 11.7. The maximum atomic E-state index is 11.7. The number of halogens is 1. The summed E-state index contributed by atoms with van der Waals surface area (Å²) in [5.74, 6) is 0. The van der Waals surface area contributed by atoms with Gasteiger partial charge in [0, 0.05) is 13.1 Å². The van der Waals surface area contributed by atoms with Crippen LogP contribution in [0.1, 0.15) is 6.42 Å². The molecule has 4 atom stereocenters. The van der Waals surface area contributed by atoms with Crippen LogP contribution in [-0.4, -0.2) is 65.4 Å². The van der Waals surface area contributed by atoms with E-state index in [1.165, 1.54) is 4.90 Å². The maximum Gasteiger partial charge on any atom is 0.319 e. The summed E-state index contributed by atoms with van der Waals surface area (Å²) in [6, 6.07) is -0.366. The van der Waals surface area contributed by atoms with E-state index >= 15 is 0 Å². The third-order valence-electron chi connectivity index (χ3n) is 2.98. The van der Waals surface area contributed by atoms with Crippen molar-refractivity contribution in [2.45, 2.75) is 31.0 Å². The average Bonchev–Trinajstić information content (AvgIpc) is 2.59. The van der Waals surface area contributed by atoms with Crippen LogP contribution in [0.5, 0.6) is 0 Å². The number of carbonyl (C=O) groups is 1. The highest BCUT2D eigenvalue weighted by atomic mass is 19.3. The molecule has 2 aliphatic rings. The number of rotatable bonds is 3. The van der Waals surface area contributed by atoms with Gasteiger partial charge in [0.15, 0.2) is 6.23 Å². The van der Waals surface area contributed by atoms with E-state index in [9.17, 15) is 19.5 Å². The molecule has 2 heterocycles. The van der Waals surface area contributed by atoms with E-state index in [0.29, 0.717) is 13.1 Å². The van der Waals surface area contributed by atoms with Crippen molar-refractivity contribution in [3.8, 4) is 0 Å². The zero-order valence-electron chi connectivity index (χ0n) is 9.08. The molecule has 98 valence electrons. The van der Waals surface area contributed by atoms with Gasteiger partial charge in [-0.2, -0.15) is 4.94 Å². The number of aliphatic hydroxyl groups is 2. The lowest BCUT2D eigenvalue weighted by molar-refractivity contribution is -0.179. The van der Waals surface area contributed by atoms with Gasteiger partial charge in [-0.1, -0.05) is 0 Å². The molecule has 0 aromatic carbocycles. The minimum atomic E-state index is -1.27. The highest BCUT2D eigenvalue weighted by Gasteiger charge is 2.47. The predicted molar refractivity (Wildman–Crippen MR) is 52.5 cm³/mol. The molecule has 0 aromatic rings. The van der Waals surface area contributed by atoms with Crippen LogP contribution < -0.4 is 5.32 Å². The third kappa shape index (κ3) is 2.34. The van der Waals surface area contributed by atoms with Gasteiger partial charge in [-0.15, -0.1) is 0 Å². The van der Waals surface area contributed by atoms with Crippen LogP contribution in [0.4, 0.5) is 9.32 Å². The van der Waals surface area contributed by atoms with E-state index in [4.69, 9.17) is 4.74 Å². The average molecular weight is 250 g/mol. The lowest BCUT2D eigenvalue weighted by atomic mass is 10.1. The molecule has 17 heavy (non-hydrogen) atoms. The zero-order valence-corrected chi connectivity index (χ0v) is 9.08. The molecular formula is C9H15FN2O5. The minimum Gasteiger partial charge on any atom is -0.387 e. The number of nitrogens with zero attached hydrogens (tertiary/aromatic N) is 1. The van der Waals surface area contributed by atoms with Crippen LogP contribution in [0.3, 0.4) is 0 Å². The Morgan fingerprint density at radius 1 is 1.53 bits per heavy atom. The summed E-state index contributed by atoms with van der Waals surface area (Å²) >= 11 is 0. The van der Waals surface area contributed by atoms with Crippen molar-refractivity contribution in [1.29, 1.82) is 0 Å². The largest absolute Gasteiger partial charge is 0.387 e. The number of hydrogen-bond acceptors (Lipinski definition) is 5. The fourth-order valence-electron chi connectivity index (χ4n) is 2.08. The molecule has 8 heteroatoms. The number of nitrogens with one attached hydrogen (secondary N) is 1. The van der Waals surface area contributed by atoms with Gasteiger partial charge in [-0.3, -0.25) is 4.90 Å². The summed E-state index contributed by atoms with van der Waals surface area (Å²) in [6.07, 6.45) is -3.76. The Hall–Kier alpha value is -0.960. The molecule has 2 amide bonds. The fraction of sp³-hybridized carbons (Fsp3) is 0.889. The first kappa shape index (κ1) is 12.5. The second kappa shape index (κ2) is 5.13. The molecule has 2 aliphatic heterocycles. The van der Waals surface area contributed by atoms with Crippen LogP contribution in [0.25, 0.3) is 0 Å². The van der Waals surface area contributed by atoms with E-state index in [1.807, 2.05) is 0 Å². The summed E-state index contributed by atoms with van der Waals surface area (Å²) in [6.45, 7) is 0.505. The molecular weight excluding hydrogens is 235 g/mol. The SMILES string of the molecule is O=C1NCCCN1[C@@H]1O[C@H](COF)[C@H](O)[C@@H]1O. The van der Waals surface area contributed by atoms with Crippen molar-refractivity contribution >= 4 is 6.03 Å². The van der Waals surface area contributed by atoms with Crippen LogP contribution in [0, 0.1) is 0 Å². The van der Waals surface area contributed by atoms with Gasteiger partial charge in [-0.05, 0) is 10.9 Å². The molecule has 7 nitrogen and oxygen atoms in total. The van der Waals surface area contributed by atoms with Gasteiger partial charge in [0.05, 0.1) is 0 Å². The second-order valence-corrected chi connectivity index (χ2v) is 4.10. The Labute approximate surface area is 97.0 Å².